The van der Waals surface area contributed by atoms with Crippen molar-refractivity contribution in [2.45, 2.75) is 39.0 Å². The molecule has 1 unspecified atom stereocenters. The highest BCUT2D eigenvalue weighted by Gasteiger charge is 2.42. The van der Waals surface area contributed by atoms with Crippen molar-refractivity contribution in [2.75, 3.05) is 0 Å². The summed E-state index contributed by atoms with van der Waals surface area (Å²) in [4.78, 5) is 34.9. The van der Waals surface area contributed by atoms with Crippen molar-refractivity contribution in [1.29, 1.82) is 0 Å². The van der Waals surface area contributed by atoms with Gasteiger partial charge in [-0.2, -0.15) is 0 Å². The second-order valence-corrected chi connectivity index (χ2v) is 6.95. The number of rotatable bonds is 3. The molecule has 1 saturated carbocycles. The fourth-order valence-electron chi connectivity index (χ4n) is 3.66. The fraction of sp³-hybridized carbons (Fsp3) is 0.412. The number of carbonyl (C=O) groups is 2. The monoisotopic (exact) mass is 349 g/mol. The first-order valence-corrected chi connectivity index (χ1v) is 8.08. The van der Waals surface area contributed by atoms with Crippen molar-refractivity contribution in [1.82, 2.24) is 0 Å². The molecule has 3 rings (SSSR count). The molecule has 0 aromatic heterocycles. The summed E-state index contributed by atoms with van der Waals surface area (Å²) >= 11 is 5.76. The van der Waals surface area contributed by atoms with Gasteiger partial charge in [-0.15, -0.1) is 0 Å². The van der Waals surface area contributed by atoms with Crippen LogP contribution in [0.25, 0.3) is 0 Å². The van der Waals surface area contributed by atoms with E-state index in [0.717, 1.165) is 30.9 Å². The largest absolute Gasteiger partial charge is 0.427 e. The Balaban J connectivity index is 1.94. The first kappa shape index (κ1) is 16.6. The summed E-state index contributed by atoms with van der Waals surface area (Å²) in [7, 11) is 0. The molecule has 7 heteroatoms. The quantitative estimate of drug-likeness (QED) is 0.463. The van der Waals surface area contributed by atoms with Crippen LogP contribution >= 0.6 is 11.6 Å². The maximum absolute atomic E-state index is 12.4. The van der Waals surface area contributed by atoms with Crippen LogP contribution in [0, 0.1) is 15.5 Å². The zero-order chi connectivity index (χ0) is 17.5. The smallest absolute Gasteiger partial charge is 0.350 e. The Labute approximate surface area is 143 Å². The second kappa shape index (κ2) is 6.02. The molecule has 1 aromatic rings. The first-order valence-electron chi connectivity index (χ1n) is 7.70. The molecule has 0 radical (unpaired) electrons. The molecule has 1 fully saturated rings. The van der Waals surface area contributed by atoms with E-state index in [1.54, 1.807) is 0 Å². The molecule has 1 atom stereocenters. The number of nitro groups is 1. The minimum Gasteiger partial charge on any atom is -0.427 e. The lowest BCUT2D eigenvalue weighted by Crippen LogP contribution is -2.27. The van der Waals surface area contributed by atoms with Crippen molar-refractivity contribution in [3.63, 3.8) is 0 Å². The number of esters is 1. The Morgan fingerprint density at radius 1 is 1.42 bits per heavy atom. The van der Waals surface area contributed by atoms with Gasteiger partial charge in [0.2, 0.25) is 0 Å². The molecule has 2 aliphatic rings. The highest BCUT2D eigenvalue weighted by Crippen LogP contribution is 2.50. The summed E-state index contributed by atoms with van der Waals surface area (Å²) < 4.78 is 5.43. The van der Waals surface area contributed by atoms with Crippen LogP contribution in [0.15, 0.2) is 29.5 Å². The first-order chi connectivity index (χ1) is 11.3. The van der Waals surface area contributed by atoms with Crippen LogP contribution in [0.2, 0.25) is 5.02 Å². The molecule has 0 bridgehead atoms. The van der Waals surface area contributed by atoms with Gasteiger partial charge >= 0.3 is 5.97 Å². The molecular formula is C17H16ClNO5. The number of ketones is 1. The molecule has 0 aliphatic heterocycles. The summed E-state index contributed by atoms with van der Waals surface area (Å²) in [6.07, 6.45) is 3.15. The van der Waals surface area contributed by atoms with Gasteiger partial charge in [-0.25, -0.2) is 4.79 Å². The van der Waals surface area contributed by atoms with Gasteiger partial charge in [0.1, 0.15) is 17.1 Å². The SMILES string of the molecule is CC12CCCC1=C(OC(=O)c1ccc(Cl)cc1[N+](=O)[O-])CC(=O)C2. The Hall–Kier alpha value is -2.21. The third-order valence-corrected chi connectivity index (χ3v) is 4.99. The summed E-state index contributed by atoms with van der Waals surface area (Å²) in [5, 5.41) is 11.3. The minimum atomic E-state index is -0.829. The molecule has 0 heterocycles. The fourth-order valence-corrected chi connectivity index (χ4v) is 3.82. The highest BCUT2D eigenvalue weighted by molar-refractivity contribution is 6.31. The molecule has 1 aromatic carbocycles. The number of hydrogen-bond acceptors (Lipinski definition) is 5. The average Bonchev–Trinajstić information content (AvgIpc) is 2.88. The van der Waals surface area contributed by atoms with Gasteiger partial charge < -0.3 is 4.74 Å². The van der Waals surface area contributed by atoms with Crippen LogP contribution < -0.4 is 0 Å². The third-order valence-electron chi connectivity index (χ3n) is 4.76. The number of hydrogen-bond donors (Lipinski definition) is 0. The lowest BCUT2D eigenvalue weighted by atomic mass is 9.75. The van der Waals surface area contributed by atoms with Crippen molar-refractivity contribution in [2.24, 2.45) is 5.41 Å². The number of nitrogens with zero attached hydrogens (tertiary/aromatic N) is 1. The topological polar surface area (TPSA) is 86.5 Å². The maximum Gasteiger partial charge on any atom is 0.350 e. The van der Waals surface area contributed by atoms with Gasteiger partial charge in [0.25, 0.3) is 5.69 Å². The van der Waals surface area contributed by atoms with Crippen molar-refractivity contribution in [3.05, 3.63) is 50.2 Å². The molecule has 126 valence electrons. The van der Waals surface area contributed by atoms with Crippen LogP contribution in [0.5, 0.6) is 0 Å². The number of allylic oxidation sites excluding steroid dienone is 2. The molecule has 2 aliphatic carbocycles. The normalized spacial score (nSPS) is 23.2. The van der Waals surface area contributed by atoms with E-state index in [1.165, 1.54) is 12.1 Å². The molecule has 24 heavy (non-hydrogen) atoms. The van der Waals surface area contributed by atoms with Gasteiger partial charge in [0.15, 0.2) is 0 Å². The number of benzene rings is 1. The number of nitro benzene ring substituents is 1. The Morgan fingerprint density at radius 3 is 2.88 bits per heavy atom. The maximum atomic E-state index is 12.4. The van der Waals surface area contributed by atoms with Crippen LogP contribution in [-0.2, 0) is 9.53 Å². The van der Waals surface area contributed by atoms with Gasteiger partial charge in [-0.3, -0.25) is 14.9 Å². The highest BCUT2D eigenvalue weighted by atomic mass is 35.5. The molecule has 0 N–H and O–H groups in total. The standard InChI is InChI=1S/C17H16ClNO5/c1-17-6-2-3-13(17)15(8-11(20)9-17)24-16(21)12-5-4-10(18)7-14(12)19(22)23/h4-5,7H,2-3,6,8-9H2,1H3. The summed E-state index contributed by atoms with van der Waals surface area (Å²) in [5.41, 5.74) is 0.161. The minimum absolute atomic E-state index is 0.0246. The molecule has 0 saturated heterocycles. The zero-order valence-electron chi connectivity index (χ0n) is 13.1. The number of halogens is 1. The lowest BCUT2D eigenvalue weighted by Gasteiger charge is -2.31. The van der Waals surface area contributed by atoms with Gasteiger partial charge in [0.05, 0.1) is 11.3 Å². The lowest BCUT2D eigenvalue weighted by molar-refractivity contribution is -0.385. The van der Waals surface area contributed by atoms with Gasteiger partial charge in [-0.1, -0.05) is 18.5 Å². The predicted octanol–water partition coefficient (Wildman–Crippen LogP) is 4.21. The molecule has 0 amide bonds. The van der Waals surface area contributed by atoms with E-state index in [-0.39, 0.29) is 28.2 Å². The Morgan fingerprint density at radius 2 is 2.17 bits per heavy atom. The van der Waals surface area contributed by atoms with E-state index in [1.807, 2.05) is 6.92 Å². The van der Waals surface area contributed by atoms with E-state index in [9.17, 15) is 19.7 Å². The van der Waals surface area contributed by atoms with Crippen molar-refractivity contribution >= 4 is 29.0 Å². The van der Waals surface area contributed by atoms with E-state index < -0.39 is 16.6 Å². The Kier molecular flexibility index (Phi) is 4.17. The summed E-state index contributed by atoms with van der Waals surface area (Å²) in [6, 6.07) is 3.78. The van der Waals surface area contributed by atoms with Crippen LogP contribution in [0.1, 0.15) is 49.4 Å². The van der Waals surface area contributed by atoms with Crippen molar-refractivity contribution < 1.29 is 19.2 Å². The average molecular weight is 350 g/mol. The molecule has 6 nitrogen and oxygen atoms in total. The van der Waals surface area contributed by atoms with Crippen LogP contribution in [-0.4, -0.2) is 16.7 Å². The van der Waals surface area contributed by atoms with Crippen LogP contribution in [0.3, 0.4) is 0 Å². The number of Topliss-reactive ketones (excluding diaryl/α,β-unsaturated/α-hetero) is 1. The summed E-state index contributed by atoms with van der Waals surface area (Å²) in [6.45, 7) is 2.00. The number of carbonyl (C=O) groups excluding carboxylic acids is 2. The third kappa shape index (κ3) is 2.94. The van der Waals surface area contributed by atoms with Gasteiger partial charge in [-0.05, 0) is 42.4 Å². The van der Waals surface area contributed by atoms with Crippen LogP contribution in [0.4, 0.5) is 5.69 Å². The number of ether oxygens (including phenoxy) is 1. The van der Waals surface area contributed by atoms with E-state index in [0.29, 0.717) is 12.2 Å². The van der Waals surface area contributed by atoms with E-state index >= 15 is 0 Å². The summed E-state index contributed by atoms with van der Waals surface area (Å²) in [5.74, 6) is -0.443. The second-order valence-electron chi connectivity index (χ2n) is 6.52. The van der Waals surface area contributed by atoms with Crippen molar-refractivity contribution in [3.8, 4) is 0 Å². The van der Waals surface area contributed by atoms with E-state index in [4.69, 9.17) is 16.3 Å². The zero-order valence-corrected chi connectivity index (χ0v) is 13.9. The predicted molar refractivity (Wildman–Crippen MR) is 86.7 cm³/mol. The van der Waals surface area contributed by atoms with Gasteiger partial charge in [0, 0.05) is 17.5 Å². The molecular weight excluding hydrogens is 334 g/mol. The Bertz CT molecular complexity index is 785. The molecule has 0 spiro atoms. The number of fused-ring (bicyclic) bond motifs is 1. The van der Waals surface area contributed by atoms with E-state index in [2.05, 4.69) is 0 Å².